The van der Waals surface area contributed by atoms with Crippen molar-refractivity contribution in [2.75, 3.05) is 13.2 Å². The zero-order valence-corrected chi connectivity index (χ0v) is 9.12. The number of nitrogens with one attached hydrogen (secondary N) is 1. The molecule has 1 aromatic rings. The maximum absolute atomic E-state index is 12.0. The highest BCUT2D eigenvalue weighted by Crippen LogP contribution is 2.19. The minimum atomic E-state index is -4.50. The fraction of sp³-hybridized carbons (Fsp3) is 0.273. The van der Waals surface area contributed by atoms with E-state index in [0.29, 0.717) is 0 Å². The number of nitrogens with zero attached hydrogens (tertiary/aromatic N) is 1. The van der Waals surface area contributed by atoms with Crippen molar-refractivity contribution >= 4 is 5.91 Å². The third-order valence-corrected chi connectivity index (χ3v) is 1.74. The lowest BCUT2D eigenvalue weighted by Crippen LogP contribution is -2.26. The van der Waals surface area contributed by atoms with E-state index in [9.17, 15) is 18.0 Å². The zero-order valence-electron chi connectivity index (χ0n) is 9.12. The number of hydrogen-bond donors (Lipinski definition) is 1. The highest BCUT2D eigenvalue weighted by Gasteiger charge is 2.29. The van der Waals surface area contributed by atoms with Crippen LogP contribution in [0.2, 0.25) is 0 Å². The molecule has 0 aliphatic rings. The SMILES string of the molecule is C#CCNC(=O)c1cccnc1OCC(F)(F)F. The van der Waals surface area contributed by atoms with Crippen LogP contribution in [0.4, 0.5) is 13.2 Å². The molecule has 1 heterocycles. The van der Waals surface area contributed by atoms with Gasteiger partial charge >= 0.3 is 6.18 Å². The quantitative estimate of drug-likeness (QED) is 0.830. The number of carbonyl (C=O) groups excluding carboxylic acids is 1. The van der Waals surface area contributed by atoms with Crippen LogP contribution >= 0.6 is 0 Å². The molecule has 0 unspecified atom stereocenters. The summed E-state index contributed by atoms with van der Waals surface area (Å²) in [7, 11) is 0. The van der Waals surface area contributed by atoms with Gasteiger partial charge in [0.1, 0.15) is 5.56 Å². The van der Waals surface area contributed by atoms with Crippen molar-refractivity contribution in [1.82, 2.24) is 10.3 Å². The van der Waals surface area contributed by atoms with Crippen LogP contribution in [0, 0.1) is 12.3 Å². The molecule has 0 atom stereocenters. The van der Waals surface area contributed by atoms with Crippen molar-refractivity contribution in [3.8, 4) is 18.2 Å². The van der Waals surface area contributed by atoms with Crippen LogP contribution in [0.25, 0.3) is 0 Å². The standard InChI is InChI=1S/C11H9F3N2O2/c1-2-5-15-9(17)8-4-3-6-16-10(8)18-7-11(12,13)14/h1,3-4,6H,5,7H2,(H,15,17). The van der Waals surface area contributed by atoms with Gasteiger partial charge in [0.05, 0.1) is 6.54 Å². The molecular formula is C11H9F3N2O2. The summed E-state index contributed by atoms with van der Waals surface area (Å²) in [5.41, 5.74) is -0.1000. The molecule has 1 N–H and O–H groups in total. The van der Waals surface area contributed by atoms with Gasteiger partial charge in [-0.3, -0.25) is 4.79 Å². The smallest absolute Gasteiger partial charge is 0.422 e. The Bertz CT molecular complexity index is 466. The Labute approximate surface area is 101 Å². The van der Waals surface area contributed by atoms with Crippen molar-refractivity contribution in [2.24, 2.45) is 0 Å². The number of ether oxygens (including phenoxy) is 1. The van der Waals surface area contributed by atoms with Gasteiger partial charge in [0, 0.05) is 6.20 Å². The number of halogens is 3. The average molecular weight is 258 g/mol. The first-order valence-corrected chi connectivity index (χ1v) is 4.80. The molecule has 18 heavy (non-hydrogen) atoms. The summed E-state index contributed by atoms with van der Waals surface area (Å²) in [5, 5.41) is 2.31. The van der Waals surface area contributed by atoms with E-state index in [1.165, 1.54) is 18.3 Å². The Morgan fingerprint density at radius 2 is 2.28 bits per heavy atom. The van der Waals surface area contributed by atoms with Gasteiger partial charge in [-0.05, 0) is 12.1 Å². The molecule has 0 spiro atoms. The van der Waals surface area contributed by atoms with E-state index in [1.807, 2.05) is 0 Å². The van der Waals surface area contributed by atoms with E-state index < -0.39 is 18.7 Å². The zero-order chi connectivity index (χ0) is 13.6. The van der Waals surface area contributed by atoms with Crippen LogP contribution in [0.15, 0.2) is 18.3 Å². The van der Waals surface area contributed by atoms with Gasteiger partial charge in [0.15, 0.2) is 6.61 Å². The predicted octanol–water partition coefficient (Wildman–Crippen LogP) is 1.39. The lowest BCUT2D eigenvalue weighted by atomic mass is 10.2. The van der Waals surface area contributed by atoms with Crippen LogP contribution in [-0.2, 0) is 0 Å². The molecule has 0 saturated heterocycles. The summed E-state index contributed by atoms with van der Waals surface area (Å²) in [6.07, 6.45) is 1.68. The van der Waals surface area contributed by atoms with Crippen molar-refractivity contribution in [3.63, 3.8) is 0 Å². The molecule has 0 bridgehead atoms. The summed E-state index contributed by atoms with van der Waals surface area (Å²) in [4.78, 5) is 15.1. The van der Waals surface area contributed by atoms with Gasteiger partial charge in [-0.1, -0.05) is 5.92 Å². The van der Waals surface area contributed by atoms with Crippen LogP contribution in [0.3, 0.4) is 0 Å². The fourth-order valence-electron chi connectivity index (χ4n) is 1.06. The molecule has 0 aliphatic heterocycles. The van der Waals surface area contributed by atoms with Crippen LogP contribution in [0.5, 0.6) is 5.88 Å². The van der Waals surface area contributed by atoms with E-state index in [4.69, 9.17) is 6.42 Å². The second-order valence-corrected chi connectivity index (χ2v) is 3.15. The molecule has 0 fully saturated rings. The van der Waals surface area contributed by atoms with Crippen molar-refractivity contribution in [2.45, 2.75) is 6.18 Å². The van der Waals surface area contributed by atoms with Gasteiger partial charge in [-0.15, -0.1) is 6.42 Å². The molecule has 0 radical (unpaired) electrons. The van der Waals surface area contributed by atoms with Gasteiger partial charge in [-0.2, -0.15) is 13.2 Å². The minimum Gasteiger partial charge on any atom is -0.467 e. The van der Waals surface area contributed by atoms with Gasteiger partial charge in [0.2, 0.25) is 5.88 Å². The van der Waals surface area contributed by atoms with E-state index in [-0.39, 0.29) is 18.0 Å². The average Bonchev–Trinajstić information content (AvgIpc) is 2.33. The van der Waals surface area contributed by atoms with Gasteiger partial charge < -0.3 is 10.1 Å². The van der Waals surface area contributed by atoms with Crippen LogP contribution in [0.1, 0.15) is 10.4 Å². The molecular weight excluding hydrogens is 249 g/mol. The van der Waals surface area contributed by atoms with E-state index >= 15 is 0 Å². The summed E-state index contributed by atoms with van der Waals surface area (Å²) < 4.78 is 40.4. The Kier molecular flexibility index (Phi) is 4.54. The normalized spacial score (nSPS) is 10.6. The summed E-state index contributed by atoms with van der Waals surface area (Å²) in [6, 6.07) is 2.70. The van der Waals surface area contributed by atoms with Crippen LogP contribution < -0.4 is 10.1 Å². The number of aromatic nitrogens is 1. The molecule has 1 rings (SSSR count). The minimum absolute atomic E-state index is 0.0353. The molecule has 0 aromatic carbocycles. The number of carbonyl (C=O) groups is 1. The molecule has 96 valence electrons. The Morgan fingerprint density at radius 1 is 1.56 bits per heavy atom. The fourth-order valence-corrected chi connectivity index (χ4v) is 1.06. The molecule has 1 aromatic heterocycles. The second kappa shape index (κ2) is 5.91. The number of amides is 1. The number of hydrogen-bond acceptors (Lipinski definition) is 3. The molecule has 0 saturated carbocycles. The number of pyridine rings is 1. The lowest BCUT2D eigenvalue weighted by Gasteiger charge is -2.11. The Morgan fingerprint density at radius 3 is 2.89 bits per heavy atom. The first-order chi connectivity index (χ1) is 8.44. The van der Waals surface area contributed by atoms with Gasteiger partial charge in [0.25, 0.3) is 5.91 Å². The molecule has 4 nitrogen and oxygen atoms in total. The summed E-state index contributed by atoms with van der Waals surface area (Å²) in [5.74, 6) is 1.15. The highest BCUT2D eigenvalue weighted by molar-refractivity contribution is 5.96. The predicted molar refractivity (Wildman–Crippen MR) is 57.0 cm³/mol. The highest BCUT2D eigenvalue weighted by atomic mass is 19.4. The number of terminal acetylenes is 1. The second-order valence-electron chi connectivity index (χ2n) is 3.15. The largest absolute Gasteiger partial charge is 0.467 e. The lowest BCUT2D eigenvalue weighted by molar-refractivity contribution is -0.154. The maximum Gasteiger partial charge on any atom is 0.422 e. The molecule has 1 amide bonds. The third kappa shape index (κ3) is 4.33. The maximum atomic E-state index is 12.0. The molecule has 7 heteroatoms. The third-order valence-electron chi connectivity index (χ3n) is 1.74. The number of rotatable bonds is 4. The summed E-state index contributed by atoms with van der Waals surface area (Å²) in [6.45, 7) is -1.55. The first-order valence-electron chi connectivity index (χ1n) is 4.80. The van der Waals surface area contributed by atoms with Crippen LogP contribution in [-0.4, -0.2) is 30.2 Å². The van der Waals surface area contributed by atoms with E-state index in [0.717, 1.165) is 0 Å². The molecule has 0 aliphatic carbocycles. The van der Waals surface area contributed by atoms with Crippen molar-refractivity contribution in [1.29, 1.82) is 0 Å². The monoisotopic (exact) mass is 258 g/mol. The topological polar surface area (TPSA) is 51.2 Å². The first kappa shape index (κ1) is 13.8. The Balaban J connectivity index is 2.80. The Hall–Kier alpha value is -2.23. The van der Waals surface area contributed by atoms with E-state index in [2.05, 4.69) is 21.0 Å². The summed E-state index contributed by atoms with van der Waals surface area (Å²) >= 11 is 0. The van der Waals surface area contributed by atoms with E-state index in [1.54, 1.807) is 0 Å². The van der Waals surface area contributed by atoms with Crippen molar-refractivity contribution < 1.29 is 22.7 Å². The van der Waals surface area contributed by atoms with Gasteiger partial charge in [-0.25, -0.2) is 4.98 Å². The number of alkyl halides is 3. The van der Waals surface area contributed by atoms with Crippen molar-refractivity contribution in [3.05, 3.63) is 23.9 Å².